The molecule has 0 heterocycles. The van der Waals surface area contributed by atoms with E-state index in [9.17, 15) is 0 Å². The summed E-state index contributed by atoms with van der Waals surface area (Å²) in [6.45, 7) is 4.19. The van der Waals surface area contributed by atoms with Crippen molar-refractivity contribution < 1.29 is 4.58 Å². The molecule has 0 saturated carbocycles. The van der Waals surface area contributed by atoms with Crippen molar-refractivity contribution in [3.63, 3.8) is 0 Å². The van der Waals surface area contributed by atoms with Gasteiger partial charge in [0.25, 0.3) is 0 Å². The third-order valence-electron chi connectivity index (χ3n) is 2.03. The van der Waals surface area contributed by atoms with E-state index in [0.717, 1.165) is 13.1 Å². The molecule has 0 fully saturated rings. The van der Waals surface area contributed by atoms with E-state index >= 15 is 0 Å². The highest BCUT2D eigenvalue weighted by Crippen LogP contribution is 2.01. The maximum Gasteiger partial charge on any atom is 0.233 e. The topological polar surface area (TPSA) is 6.25 Å². The first-order valence-electron chi connectivity index (χ1n) is 5.01. The summed E-state index contributed by atoms with van der Waals surface area (Å²) in [7, 11) is 4.10. The molecule has 0 unspecified atom stereocenters. The van der Waals surface area contributed by atoms with Crippen molar-refractivity contribution >= 4 is 6.34 Å². The second-order valence-corrected chi connectivity index (χ2v) is 3.63. The SMILES string of the molecule is CCN(C=[N+](C)C)Cc1ccccc1. The van der Waals surface area contributed by atoms with E-state index in [-0.39, 0.29) is 0 Å². The fraction of sp³-hybridized carbons (Fsp3) is 0.417. The van der Waals surface area contributed by atoms with Crippen LogP contribution in [0.1, 0.15) is 12.5 Å². The van der Waals surface area contributed by atoms with E-state index in [2.05, 4.69) is 53.1 Å². The lowest BCUT2D eigenvalue weighted by Crippen LogP contribution is -2.25. The van der Waals surface area contributed by atoms with Gasteiger partial charge in [-0.1, -0.05) is 30.3 Å². The molecule has 0 aliphatic carbocycles. The molecule has 0 amide bonds. The molecule has 1 aromatic carbocycles. The summed E-state index contributed by atoms with van der Waals surface area (Å²) in [6, 6.07) is 10.5. The third-order valence-corrected chi connectivity index (χ3v) is 2.03. The summed E-state index contributed by atoms with van der Waals surface area (Å²) < 4.78 is 2.08. The molecule has 2 heteroatoms. The predicted molar refractivity (Wildman–Crippen MR) is 60.7 cm³/mol. The molecule has 1 rings (SSSR count). The summed E-state index contributed by atoms with van der Waals surface area (Å²) >= 11 is 0. The standard InChI is InChI=1S/C12H19N2/c1-4-14(11-13(2)3)10-12-8-6-5-7-9-12/h5-9,11H,4,10H2,1-3H3/q+1. The van der Waals surface area contributed by atoms with Crippen LogP contribution in [0.2, 0.25) is 0 Å². The highest BCUT2D eigenvalue weighted by Gasteiger charge is 2.04. The normalized spacial score (nSPS) is 9.64. The van der Waals surface area contributed by atoms with Gasteiger partial charge in [-0.15, -0.1) is 0 Å². The van der Waals surface area contributed by atoms with Crippen molar-refractivity contribution in [2.75, 3.05) is 20.6 Å². The largest absolute Gasteiger partial charge is 0.274 e. The van der Waals surface area contributed by atoms with Crippen LogP contribution in [-0.4, -0.2) is 36.5 Å². The maximum atomic E-state index is 2.29. The zero-order chi connectivity index (χ0) is 10.4. The number of rotatable bonds is 4. The summed E-state index contributed by atoms with van der Waals surface area (Å²) in [5.74, 6) is 0. The lowest BCUT2D eigenvalue weighted by molar-refractivity contribution is -0.464. The molecule has 0 aliphatic heterocycles. The smallest absolute Gasteiger partial charge is 0.233 e. The van der Waals surface area contributed by atoms with Crippen LogP contribution in [0.5, 0.6) is 0 Å². The predicted octanol–water partition coefficient (Wildman–Crippen LogP) is 1.81. The van der Waals surface area contributed by atoms with Crippen LogP contribution in [0.25, 0.3) is 0 Å². The third kappa shape index (κ3) is 3.60. The van der Waals surface area contributed by atoms with E-state index in [4.69, 9.17) is 0 Å². The van der Waals surface area contributed by atoms with Crippen molar-refractivity contribution in [1.82, 2.24) is 4.90 Å². The molecule has 0 radical (unpaired) electrons. The van der Waals surface area contributed by atoms with Gasteiger partial charge in [0.2, 0.25) is 6.34 Å². The molecule has 0 aliphatic rings. The first kappa shape index (κ1) is 10.8. The fourth-order valence-electron chi connectivity index (χ4n) is 1.38. The van der Waals surface area contributed by atoms with E-state index in [1.807, 2.05) is 14.1 Å². The highest BCUT2D eigenvalue weighted by atomic mass is 15.2. The highest BCUT2D eigenvalue weighted by molar-refractivity contribution is 5.48. The van der Waals surface area contributed by atoms with Crippen molar-refractivity contribution in [2.24, 2.45) is 0 Å². The molecule has 0 spiro atoms. The van der Waals surface area contributed by atoms with Crippen LogP contribution < -0.4 is 0 Å². The first-order chi connectivity index (χ1) is 6.72. The van der Waals surface area contributed by atoms with Crippen molar-refractivity contribution in [1.29, 1.82) is 0 Å². The van der Waals surface area contributed by atoms with Crippen LogP contribution in [-0.2, 0) is 6.54 Å². The Hall–Kier alpha value is -1.31. The summed E-state index contributed by atoms with van der Waals surface area (Å²) in [5.41, 5.74) is 1.35. The quantitative estimate of drug-likeness (QED) is 0.399. The Bertz CT molecular complexity index is 286. The molecule has 0 aromatic heterocycles. The van der Waals surface area contributed by atoms with Crippen molar-refractivity contribution in [3.8, 4) is 0 Å². The van der Waals surface area contributed by atoms with Gasteiger partial charge in [-0.05, 0) is 12.5 Å². The molecular weight excluding hydrogens is 172 g/mol. The van der Waals surface area contributed by atoms with Gasteiger partial charge in [-0.3, -0.25) is 9.48 Å². The van der Waals surface area contributed by atoms with Gasteiger partial charge >= 0.3 is 0 Å². The van der Waals surface area contributed by atoms with Gasteiger partial charge in [0.15, 0.2) is 0 Å². The average Bonchev–Trinajstić information content (AvgIpc) is 2.17. The average molecular weight is 191 g/mol. The van der Waals surface area contributed by atoms with Gasteiger partial charge in [0.05, 0.1) is 20.6 Å². The van der Waals surface area contributed by atoms with Crippen molar-refractivity contribution in [2.45, 2.75) is 13.5 Å². The summed E-state index contributed by atoms with van der Waals surface area (Å²) in [4.78, 5) is 2.29. The zero-order valence-electron chi connectivity index (χ0n) is 9.27. The molecule has 14 heavy (non-hydrogen) atoms. The summed E-state index contributed by atoms with van der Waals surface area (Å²) in [5, 5.41) is 0. The second-order valence-electron chi connectivity index (χ2n) is 3.63. The molecule has 2 nitrogen and oxygen atoms in total. The first-order valence-corrected chi connectivity index (χ1v) is 5.01. The minimum Gasteiger partial charge on any atom is -0.274 e. The van der Waals surface area contributed by atoms with E-state index in [1.54, 1.807) is 0 Å². The summed E-state index contributed by atoms with van der Waals surface area (Å²) in [6.07, 6.45) is 2.13. The Morgan fingerprint density at radius 2 is 1.86 bits per heavy atom. The lowest BCUT2D eigenvalue weighted by Gasteiger charge is -2.11. The maximum absolute atomic E-state index is 2.29. The fourth-order valence-corrected chi connectivity index (χ4v) is 1.38. The molecule has 0 atom stereocenters. The molecular formula is C12H19N2+. The molecule has 1 aromatic rings. The van der Waals surface area contributed by atoms with Gasteiger partial charge in [-0.2, -0.15) is 0 Å². The lowest BCUT2D eigenvalue weighted by atomic mass is 10.2. The second kappa shape index (κ2) is 5.43. The van der Waals surface area contributed by atoms with E-state index < -0.39 is 0 Å². The van der Waals surface area contributed by atoms with Crippen LogP contribution >= 0.6 is 0 Å². The van der Waals surface area contributed by atoms with Crippen LogP contribution in [0.3, 0.4) is 0 Å². The number of benzene rings is 1. The number of nitrogens with zero attached hydrogens (tertiary/aromatic N) is 2. The molecule has 76 valence electrons. The van der Waals surface area contributed by atoms with Gasteiger partial charge in [0, 0.05) is 0 Å². The Morgan fingerprint density at radius 1 is 1.21 bits per heavy atom. The molecule has 0 saturated heterocycles. The van der Waals surface area contributed by atoms with Crippen molar-refractivity contribution in [3.05, 3.63) is 35.9 Å². The Morgan fingerprint density at radius 3 is 2.36 bits per heavy atom. The van der Waals surface area contributed by atoms with E-state index in [1.165, 1.54) is 5.56 Å². The number of hydrogen-bond acceptors (Lipinski definition) is 0. The van der Waals surface area contributed by atoms with Crippen LogP contribution in [0.4, 0.5) is 0 Å². The van der Waals surface area contributed by atoms with Crippen LogP contribution in [0.15, 0.2) is 30.3 Å². The molecule has 0 bridgehead atoms. The Kier molecular flexibility index (Phi) is 4.17. The molecule has 0 N–H and O–H groups in total. The van der Waals surface area contributed by atoms with Gasteiger partial charge < -0.3 is 0 Å². The zero-order valence-corrected chi connectivity index (χ0v) is 9.27. The van der Waals surface area contributed by atoms with Gasteiger partial charge in [-0.25, -0.2) is 0 Å². The van der Waals surface area contributed by atoms with Crippen LogP contribution in [0, 0.1) is 0 Å². The Labute approximate surface area is 86.5 Å². The Balaban J connectivity index is 2.62. The monoisotopic (exact) mass is 191 g/mol. The minimum atomic E-state index is 0.982. The van der Waals surface area contributed by atoms with Gasteiger partial charge in [0.1, 0.15) is 6.54 Å². The number of hydrogen-bond donors (Lipinski definition) is 0. The van der Waals surface area contributed by atoms with E-state index in [0.29, 0.717) is 0 Å². The minimum absolute atomic E-state index is 0.982.